The Hall–Kier alpha value is -3.51. The van der Waals surface area contributed by atoms with Crippen LogP contribution in [0.1, 0.15) is 40.7 Å². The standard InChI is InChI=1S/C28H29ClN2O4/c1-33-25-13-11-23(17-24(25)29)30-18-21-8-12-26(27(16-21)34-2)35-19-20-6-9-22(10-7-20)28(32)31-14-4-3-5-15-31/h6-13,16-18H,3-5,14-15,19H2,1-2H3. The number of carbonyl (C=O) groups excluding carboxylic acids is 1. The zero-order valence-electron chi connectivity index (χ0n) is 20.0. The van der Waals surface area contributed by atoms with Crippen molar-refractivity contribution in [3.63, 3.8) is 0 Å². The highest BCUT2D eigenvalue weighted by Gasteiger charge is 2.18. The third-order valence-electron chi connectivity index (χ3n) is 5.92. The highest BCUT2D eigenvalue weighted by atomic mass is 35.5. The van der Waals surface area contributed by atoms with E-state index in [1.807, 2.05) is 53.4 Å². The van der Waals surface area contributed by atoms with Crippen molar-refractivity contribution in [2.45, 2.75) is 25.9 Å². The molecule has 0 aromatic heterocycles. The van der Waals surface area contributed by atoms with Crippen LogP contribution in [-0.4, -0.2) is 44.3 Å². The van der Waals surface area contributed by atoms with Crippen molar-refractivity contribution in [1.82, 2.24) is 4.90 Å². The highest BCUT2D eigenvalue weighted by molar-refractivity contribution is 6.32. The molecule has 0 atom stereocenters. The molecule has 4 rings (SSSR count). The molecule has 7 heteroatoms. The lowest BCUT2D eigenvalue weighted by Crippen LogP contribution is -2.35. The number of nitrogens with zero attached hydrogens (tertiary/aromatic N) is 2. The molecule has 1 aliphatic heterocycles. The Bertz CT molecular complexity index is 1190. The van der Waals surface area contributed by atoms with Gasteiger partial charge in [0.1, 0.15) is 12.4 Å². The van der Waals surface area contributed by atoms with E-state index in [0.29, 0.717) is 28.9 Å². The van der Waals surface area contributed by atoms with Gasteiger partial charge in [0.25, 0.3) is 5.91 Å². The molecule has 6 nitrogen and oxygen atoms in total. The summed E-state index contributed by atoms with van der Waals surface area (Å²) >= 11 is 6.17. The van der Waals surface area contributed by atoms with Gasteiger partial charge in [-0.3, -0.25) is 9.79 Å². The fourth-order valence-electron chi connectivity index (χ4n) is 3.95. The van der Waals surface area contributed by atoms with E-state index < -0.39 is 0 Å². The summed E-state index contributed by atoms with van der Waals surface area (Å²) in [5, 5.41) is 0.507. The van der Waals surface area contributed by atoms with Crippen LogP contribution in [0.25, 0.3) is 0 Å². The molecular weight excluding hydrogens is 464 g/mol. The van der Waals surface area contributed by atoms with Gasteiger partial charge in [-0.15, -0.1) is 0 Å². The maximum Gasteiger partial charge on any atom is 0.253 e. The summed E-state index contributed by atoms with van der Waals surface area (Å²) in [6, 6.07) is 18.6. The molecule has 0 spiro atoms. The second-order valence-corrected chi connectivity index (χ2v) is 8.73. The smallest absolute Gasteiger partial charge is 0.253 e. The van der Waals surface area contributed by atoms with Crippen LogP contribution in [0.5, 0.6) is 17.2 Å². The number of ether oxygens (including phenoxy) is 3. The van der Waals surface area contributed by atoms with Crippen molar-refractivity contribution in [2.75, 3.05) is 27.3 Å². The molecule has 1 fully saturated rings. The molecule has 1 saturated heterocycles. The van der Waals surface area contributed by atoms with Crippen LogP contribution in [0.4, 0.5) is 5.69 Å². The number of amides is 1. The first-order valence-electron chi connectivity index (χ1n) is 11.6. The quantitative estimate of drug-likeness (QED) is 0.345. The van der Waals surface area contributed by atoms with Crippen LogP contribution >= 0.6 is 11.6 Å². The number of carbonyl (C=O) groups is 1. The number of benzene rings is 3. The van der Waals surface area contributed by atoms with Crippen LogP contribution < -0.4 is 14.2 Å². The summed E-state index contributed by atoms with van der Waals surface area (Å²) in [5.41, 5.74) is 3.28. The minimum Gasteiger partial charge on any atom is -0.495 e. The molecule has 1 amide bonds. The maximum absolute atomic E-state index is 12.7. The fourth-order valence-corrected chi connectivity index (χ4v) is 4.20. The molecule has 182 valence electrons. The number of hydrogen-bond donors (Lipinski definition) is 0. The summed E-state index contributed by atoms with van der Waals surface area (Å²) in [6.07, 6.45) is 5.11. The average Bonchev–Trinajstić information content (AvgIpc) is 2.91. The van der Waals surface area contributed by atoms with Crippen LogP contribution in [0.2, 0.25) is 5.02 Å². The summed E-state index contributed by atoms with van der Waals surface area (Å²) in [6.45, 7) is 2.06. The molecule has 3 aromatic carbocycles. The molecule has 1 heterocycles. The molecule has 0 bridgehead atoms. The lowest BCUT2D eigenvalue weighted by molar-refractivity contribution is 0.0724. The van der Waals surface area contributed by atoms with E-state index in [4.69, 9.17) is 25.8 Å². The summed E-state index contributed by atoms with van der Waals surface area (Å²) in [5.74, 6) is 1.95. The topological polar surface area (TPSA) is 60.4 Å². The van der Waals surface area contributed by atoms with Gasteiger partial charge in [-0.1, -0.05) is 23.7 Å². The van der Waals surface area contributed by atoms with Gasteiger partial charge in [-0.05, 0) is 78.9 Å². The second kappa shape index (κ2) is 11.8. The van der Waals surface area contributed by atoms with E-state index in [2.05, 4.69) is 4.99 Å². The van der Waals surface area contributed by atoms with E-state index >= 15 is 0 Å². The fraction of sp³-hybridized carbons (Fsp3) is 0.286. The molecule has 0 unspecified atom stereocenters. The number of methoxy groups -OCH3 is 2. The Morgan fingerprint density at radius 1 is 0.914 bits per heavy atom. The first-order valence-corrected chi connectivity index (χ1v) is 12.0. The van der Waals surface area contributed by atoms with Crippen LogP contribution in [0, 0.1) is 0 Å². The number of hydrogen-bond acceptors (Lipinski definition) is 5. The van der Waals surface area contributed by atoms with E-state index in [1.165, 1.54) is 6.42 Å². The molecule has 1 aliphatic rings. The van der Waals surface area contributed by atoms with Gasteiger partial charge in [0.2, 0.25) is 0 Å². The van der Waals surface area contributed by atoms with Gasteiger partial charge in [0.15, 0.2) is 11.5 Å². The van der Waals surface area contributed by atoms with Crippen molar-refractivity contribution in [1.29, 1.82) is 0 Å². The van der Waals surface area contributed by atoms with Crippen molar-refractivity contribution >= 4 is 29.4 Å². The number of aliphatic imine (C=N–C) groups is 1. The number of halogens is 1. The Kier molecular flexibility index (Phi) is 8.27. The monoisotopic (exact) mass is 492 g/mol. The lowest BCUT2D eigenvalue weighted by atomic mass is 10.1. The Labute approximate surface area is 211 Å². The predicted octanol–water partition coefficient (Wildman–Crippen LogP) is 6.31. The summed E-state index contributed by atoms with van der Waals surface area (Å²) in [7, 11) is 3.18. The third-order valence-corrected chi connectivity index (χ3v) is 6.22. The SMILES string of the molecule is COc1ccc(N=Cc2ccc(OCc3ccc(C(=O)N4CCCCC4)cc3)c(OC)c2)cc1Cl. The minimum atomic E-state index is 0.105. The molecule has 35 heavy (non-hydrogen) atoms. The predicted molar refractivity (Wildman–Crippen MR) is 139 cm³/mol. The minimum absolute atomic E-state index is 0.105. The van der Waals surface area contributed by atoms with Crippen molar-refractivity contribution in [3.8, 4) is 17.2 Å². The van der Waals surface area contributed by atoms with E-state index in [1.54, 1.807) is 32.6 Å². The van der Waals surface area contributed by atoms with Gasteiger partial charge in [0.05, 0.1) is 24.9 Å². The maximum atomic E-state index is 12.7. The molecule has 3 aromatic rings. The van der Waals surface area contributed by atoms with Gasteiger partial charge in [-0.25, -0.2) is 0 Å². The molecular formula is C28H29ClN2O4. The van der Waals surface area contributed by atoms with Crippen LogP contribution in [0.15, 0.2) is 65.7 Å². The van der Waals surface area contributed by atoms with Gasteiger partial charge >= 0.3 is 0 Å². The van der Waals surface area contributed by atoms with Gasteiger partial charge < -0.3 is 19.1 Å². The first kappa shape index (κ1) is 24.6. The molecule has 0 aliphatic carbocycles. The second-order valence-electron chi connectivity index (χ2n) is 8.33. The normalized spacial score (nSPS) is 13.6. The van der Waals surface area contributed by atoms with Crippen molar-refractivity contribution in [2.24, 2.45) is 4.99 Å². The van der Waals surface area contributed by atoms with Gasteiger partial charge in [0, 0.05) is 24.9 Å². The van der Waals surface area contributed by atoms with E-state index in [0.717, 1.165) is 48.3 Å². The Morgan fingerprint density at radius 2 is 1.63 bits per heavy atom. The van der Waals surface area contributed by atoms with Crippen LogP contribution in [0.3, 0.4) is 0 Å². The zero-order chi connectivity index (χ0) is 24.6. The number of rotatable bonds is 8. The van der Waals surface area contributed by atoms with E-state index in [-0.39, 0.29) is 5.91 Å². The third kappa shape index (κ3) is 6.34. The molecule has 0 N–H and O–H groups in total. The largest absolute Gasteiger partial charge is 0.495 e. The van der Waals surface area contributed by atoms with Crippen molar-refractivity contribution < 1.29 is 19.0 Å². The zero-order valence-corrected chi connectivity index (χ0v) is 20.8. The number of likely N-dealkylation sites (tertiary alicyclic amines) is 1. The Morgan fingerprint density at radius 3 is 2.31 bits per heavy atom. The van der Waals surface area contributed by atoms with Crippen molar-refractivity contribution in [3.05, 3.63) is 82.4 Å². The van der Waals surface area contributed by atoms with E-state index in [9.17, 15) is 4.79 Å². The Balaban J connectivity index is 1.38. The average molecular weight is 493 g/mol. The number of piperidine rings is 1. The van der Waals surface area contributed by atoms with Gasteiger partial charge in [-0.2, -0.15) is 0 Å². The highest BCUT2D eigenvalue weighted by Crippen LogP contribution is 2.30. The first-order chi connectivity index (χ1) is 17.1. The summed E-state index contributed by atoms with van der Waals surface area (Å²) in [4.78, 5) is 19.1. The molecule has 0 radical (unpaired) electrons. The summed E-state index contributed by atoms with van der Waals surface area (Å²) < 4.78 is 16.7. The van der Waals surface area contributed by atoms with Crippen LogP contribution in [-0.2, 0) is 6.61 Å². The molecule has 0 saturated carbocycles. The lowest BCUT2D eigenvalue weighted by Gasteiger charge is -2.26.